The molecule has 0 aromatic heterocycles. The Bertz CT molecular complexity index is 467. The van der Waals surface area contributed by atoms with Crippen LogP contribution in [0.4, 0.5) is 0 Å². The van der Waals surface area contributed by atoms with E-state index in [1.165, 1.54) is 0 Å². The molecule has 1 aromatic rings. The molecule has 0 saturated carbocycles. The van der Waals surface area contributed by atoms with Crippen LogP contribution < -0.4 is 4.43 Å². The van der Waals surface area contributed by atoms with Gasteiger partial charge in [-0.3, -0.25) is 0 Å². The summed E-state index contributed by atoms with van der Waals surface area (Å²) in [6, 6.07) is 5.60. The Morgan fingerprint density at radius 3 is 2.45 bits per heavy atom. The van der Waals surface area contributed by atoms with Crippen molar-refractivity contribution in [2.45, 2.75) is 39.3 Å². The van der Waals surface area contributed by atoms with Crippen LogP contribution in [-0.2, 0) is 10.2 Å². The molecule has 1 rings (SSSR count). The molecule has 3 nitrogen and oxygen atoms in total. The van der Waals surface area contributed by atoms with Crippen molar-refractivity contribution in [1.82, 2.24) is 0 Å². The zero-order valence-corrected chi connectivity index (χ0v) is 14.5. The van der Waals surface area contributed by atoms with Gasteiger partial charge < -0.3 is 9.16 Å². The predicted molar refractivity (Wildman–Crippen MR) is 84.3 cm³/mol. The molecule has 0 saturated heterocycles. The van der Waals surface area contributed by atoms with Gasteiger partial charge in [0.25, 0.3) is 9.04 Å². The Balaban J connectivity index is 3.25. The minimum atomic E-state index is -0.978. The van der Waals surface area contributed by atoms with Gasteiger partial charge in [0.05, 0.1) is 5.88 Å². The van der Waals surface area contributed by atoms with Crippen molar-refractivity contribution in [2.24, 2.45) is 0 Å². The quantitative estimate of drug-likeness (QED) is 0.468. The number of para-hydroxylation sites is 1. The third kappa shape index (κ3) is 4.53. The monoisotopic (exact) mass is 313 g/mol. The Morgan fingerprint density at radius 1 is 1.30 bits per heavy atom. The lowest BCUT2D eigenvalue weighted by Gasteiger charge is -2.25. The molecule has 1 aromatic carbocycles. The largest absolute Gasteiger partial charge is 0.542 e. The number of benzene rings is 1. The van der Waals surface area contributed by atoms with E-state index < -0.39 is 9.04 Å². The van der Waals surface area contributed by atoms with Crippen LogP contribution in [0.15, 0.2) is 18.2 Å². The van der Waals surface area contributed by atoms with E-state index in [9.17, 15) is 4.79 Å². The van der Waals surface area contributed by atoms with Crippen molar-refractivity contribution in [3.63, 3.8) is 0 Å². The van der Waals surface area contributed by atoms with Crippen molar-refractivity contribution in [3.8, 4) is 5.75 Å². The molecule has 5 heteroatoms. The van der Waals surface area contributed by atoms with Crippen molar-refractivity contribution in [1.29, 1.82) is 0 Å². The van der Waals surface area contributed by atoms with Gasteiger partial charge in [-0.2, -0.15) is 0 Å². The smallest absolute Gasteiger partial charge is 0.341 e. The summed E-state index contributed by atoms with van der Waals surface area (Å²) < 4.78 is 11.1. The lowest BCUT2D eigenvalue weighted by Crippen LogP contribution is -2.21. The van der Waals surface area contributed by atoms with E-state index in [0.717, 1.165) is 5.56 Å². The number of carbonyl (C=O) groups is 1. The van der Waals surface area contributed by atoms with Gasteiger partial charge in [0.15, 0.2) is 0 Å². The number of esters is 1. The first-order valence-corrected chi connectivity index (χ1v) is 9.56. The maximum Gasteiger partial charge on any atom is 0.341 e. The number of carbonyl (C=O) groups excluding carboxylic acids is 1. The van der Waals surface area contributed by atoms with E-state index >= 15 is 0 Å². The van der Waals surface area contributed by atoms with Crippen molar-refractivity contribution in [3.05, 3.63) is 29.3 Å². The number of halogens is 1. The summed E-state index contributed by atoms with van der Waals surface area (Å²) in [5, 5.41) is 0. The molecule has 0 aliphatic heterocycles. The van der Waals surface area contributed by atoms with Gasteiger partial charge in [-0.05, 0) is 30.1 Å². The van der Waals surface area contributed by atoms with E-state index in [1.807, 2.05) is 25.2 Å². The number of rotatable bonds is 5. The fourth-order valence-electron chi connectivity index (χ4n) is 1.81. The van der Waals surface area contributed by atoms with Crippen LogP contribution in [0.5, 0.6) is 5.75 Å². The average Bonchev–Trinajstić information content (AvgIpc) is 2.34. The summed E-state index contributed by atoms with van der Waals surface area (Å²) in [5.74, 6) is 0.561. The first-order chi connectivity index (χ1) is 9.27. The summed E-state index contributed by atoms with van der Waals surface area (Å²) in [6.07, 6.45) is 0. The highest BCUT2D eigenvalue weighted by Crippen LogP contribution is 2.34. The third-order valence-electron chi connectivity index (χ3n) is 2.66. The summed E-state index contributed by atoms with van der Waals surface area (Å²) in [5.41, 5.74) is 1.40. The molecule has 0 heterocycles. The molecule has 1 radical (unpaired) electrons. The Morgan fingerprint density at radius 2 is 1.95 bits per heavy atom. The van der Waals surface area contributed by atoms with Crippen molar-refractivity contribution >= 4 is 26.6 Å². The zero-order valence-electron chi connectivity index (χ0n) is 12.7. The molecule has 0 spiro atoms. The van der Waals surface area contributed by atoms with Crippen molar-refractivity contribution in [2.75, 3.05) is 12.5 Å². The van der Waals surface area contributed by atoms with Gasteiger partial charge in [-0.25, -0.2) is 4.79 Å². The molecule has 20 heavy (non-hydrogen) atoms. The lowest BCUT2D eigenvalue weighted by molar-refractivity contribution is 0.0527. The van der Waals surface area contributed by atoms with E-state index in [-0.39, 0.29) is 23.9 Å². The molecule has 0 atom stereocenters. The summed E-state index contributed by atoms with van der Waals surface area (Å²) in [7, 11) is -0.978. The molecule has 0 aliphatic rings. The second kappa shape index (κ2) is 7.13. The van der Waals surface area contributed by atoms with Gasteiger partial charge in [0.1, 0.15) is 17.9 Å². The van der Waals surface area contributed by atoms with Gasteiger partial charge in [-0.15, -0.1) is 11.6 Å². The highest BCUT2D eigenvalue weighted by atomic mass is 35.5. The van der Waals surface area contributed by atoms with Gasteiger partial charge in [0.2, 0.25) is 0 Å². The predicted octanol–water partition coefficient (Wildman–Crippen LogP) is 4.01. The van der Waals surface area contributed by atoms with Gasteiger partial charge in [-0.1, -0.05) is 32.9 Å². The maximum atomic E-state index is 12.1. The van der Waals surface area contributed by atoms with Gasteiger partial charge >= 0.3 is 5.97 Å². The number of alkyl halides is 1. The molecule has 0 N–H and O–H groups in total. The zero-order chi connectivity index (χ0) is 15.3. The fourth-order valence-corrected chi connectivity index (χ4v) is 2.52. The Kier molecular flexibility index (Phi) is 6.08. The Labute approximate surface area is 128 Å². The minimum absolute atomic E-state index is 0.102. The fraction of sp³-hybridized carbons (Fsp3) is 0.533. The molecule has 0 amide bonds. The summed E-state index contributed by atoms with van der Waals surface area (Å²) in [6.45, 7) is 10.6. The summed E-state index contributed by atoms with van der Waals surface area (Å²) in [4.78, 5) is 12.1. The topological polar surface area (TPSA) is 35.5 Å². The molecular weight excluding hydrogens is 292 g/mol. The molecule has 0 unspecified atom stereocenters. The standard InChI is InChI=1S/C15H22ClO3Si/c1-15(2,3)12-8-6-7-11(13(12)19-20(4)5)14(17)18-10-9-16/h6-8H,9-10H2,1-5H3. The van der Waals surface area contributed by atoms with Crippen LogP contribution in [0, 0.1) is 0 Å². The van der Waals surface area contributed by atoms with E-state index in [2.05, 4.69) is 20.8 Å². The van der Waals surface area contributed by atoms with Crippen LogP contribution in [-0.4, -0.2) is 27.5 Å². The summed E-state index contributed by atoms with van der Waals surface area (Å²) >= 11 is 5.56. The van der Waals surface area contributed by atoms with Crippen LogP contribution in [0.25, 0.3) is 0 Å². The molecular formula is C15H22ClO3Si. The van der Waals surface area contributed by atoms with E-state index in [4.69, 9.17) is 20.8 Å². The number of hydrogen-bond donors (Lipinski definition) is 0. The maximum absolute atomic E-state index is 12.1. The van der Waals surface area contributed by atoms with Crippen LogP contribution in [0.3, 0.4) is 0 Å². The number of ether oxygens (including phenoxy) is 1. The van der Waals surface area contributed by atoms with Crippen LogP contribution in [0.2, 0.25) is 13.1 Å². The number of hydrogen-bond acceptors (Lipinski definition) is 3. The minimum Gasteiger partial charge on any atom is -0.542 e. The lowest BCUT2D eigenvalue weighted by atomic mass is 9.85. The third-order valence-corrected chi connectivity index (χ3v) is 3.43. The second-order valence-corrected chi connectivity index (χ2v) is 8.17. The molecule has 0 bridgehead atoms. The molecule has 0 fully saturated rings. The average molecular weight is 314 g/mol. The van der Waals surface area contributed by atoms with Crippen LogP contribution >= 0.6 is 11.6 Å². The second-order valence-electron chi connectivity index (χ2n) is 5.77. The molecule has 111 valence electrons. The van der Waals surface area contributed by atoms with Crippen LogP contribution in [0.1, 0.15) is 36.7 Å². The molecule has 0 aliphatic carbocycles. The first kappa shape index (κ1) is 17.0. The van der Waals surface area contributed by atoms with Crippen molar-refractivity contribution < 1.29 is 14.0 Å². The highest BCUT2D eigenvalue weighted by Gasteiger charge is 2.25. The van der Waals surface area contributed by atoms with E-state index in [0.29, 0.717) is 11.3 Å². The first-order valence-electron chi connectivity index (χ1n) is 6.62. The van der Waals surface area contributed by atoms with Gasteiger partial charge in [0, 0.05) is 0 Å². The Hall–Kier alpha value is -1.00. The SMILES string of the molecule is C[Si](C)Oc1c(C(=O)OCCCl)cccc1C(C)(C)C. The van der Waals surface area contributed by atoms with E-state index in [1.54, 1.807) is 6.07 Å². The highest BCUT2D eigenvalue weighted by molar-refractivity contribution is 6.49. The normalized spacial score (nSPS) is 11.6.